The van der Waals surface area contributed by atoms with Gasteiger partial charge < -0.3 is 14.4 Å². The van der Waals surface area contributed by atoms with Crippen molar-refractivity contribution < 1.29 is 19.1 Å². The Bertz CT molecular complexity index is 1150. The molecule has 0 bridgehead atoms. The SMILES string of the molecule is CCOc1ccc(N2C[C@@H](C(=O)N/N=C\c3cccc(OCc4ccccc4)c3)CC2=O)cc1. The summed E-state index contributed by atoms with van der Waals surface area (Å²) in [4.78, 5) is 26.7. The van der Waals surface area contributed by atoms with Crippen molar-refractivity contribution >= 4 is 23.7 Å². The summed E-state index contributed by atoms with van der Waals surface area (Å²) in [6.45, 7) is 3.28. The molecule has 0 aliphatic carbocycles. The zero-order valence-electron chi connectivity index (χ0n) is 19.0. The second-order valence-corrected chi connectivity index (χ2v) is 7.91. The molecule has 1 aliphatic heterocycles. The fourth-order valence-electron chi connectivity index (χ4n) is 3.71. The minimum atomic E-state index is -0.461. The highest BCUT2D eigenvalue weighted by Gasteiger charge is 2.35. The average molecular weight is 458 g/mol. The molecule has 1 heterocycles. The molecule has 1 saturated heterocycles. The number of hydrogen-bond acceptors (Lipinski definition) is 5. The molecule has 1 aliphatic rings. The quantitative estimate of drug-likeness (QED) is 0.386. The third-order valence-electron chi connectivity index (χ3n) is 5.45. The van der Waals surface area contributed by atoms with Crippen molar-refractivity contribution in [2.45, 2.75) is 20.0 Å². The van der Waals surface area contributed by atoms with E-state index in [-0.39, 0.29) is 18.2 Å². The van der Waals surface area contributed by atoms with Crippen LogP contribution in [0.3, 0.4) is 0 Å². The Morgan fingerprint density at radius 1 is 1.03 bits per heavy atom. The van der Waals surface area contributed by atoms with Crippen LogP contribution in [0.2, 0.25) is 0 Å². The molecule has 34 heavy (non-hydrogen) atoms. The summed E-state index contributed by atoms with van der Waals surface area (Å²) in [6, 6.07) is 24.7. The molecule has 1 fully saturated rings. The molecule has 1 N–H and O–H groups in total. The van der Waals surface area contributed by atoms with Gasteiger partial charge in [0.25, 0.3) is 0 Å². The molecule has 1 atom stereocenters. The largest absolute Gasteiger partial charge is 0.494 e. The lowest BCUT2D eigenvalue weighted by atomic mass is 10.1. The molecule has 3 aromatic carbocycles. The summed E-state index contributed by atoms with van der Waals surface area (Å²) in [5.74, 6) is 0.630. The third kappa shape index (κ3) is 6.01. The lowest BCUT2D eigenvalue weighted by molar-refractivity contribution is -0.126. The maximum atomic E-state index is 12.6. The molecule has 0 unspecified atom stereocenters. The number of ether oxygens (including phenoxy) is 2. The van der Waals surface area contributed by atoms with Crippen LogP contribution in [0, 0.1) is 5.92 Å². The first-order valence-electron chi connectivity index (χ1n) is 11.3. The highest BCUT2D eigenvalue weighted by atomic mass is 16.5. The van der Waals surface area contributed by atoms with Gasteiger partial charge >= 0.3 is 0 Å². The Morgan fingerprint density at radius 3 is 2.59 bits per heavy atom. The Kier molecular flexibility index (Phi) is 7.55. The number of hydrogen-bond donors (Lipinski definition) is 1. The molecule has 3 aromatic rings. The summed E-state index contributed by atoms with van der Waals surface area (Å²) in [7, 11) is 0. The topological polar surface area (TPSA) is 80.2 Å². The summed E-state index contributed by atoms with van der Waals surface area (Å²) in [6.07, 6.45) is 1.71. The molecule has 7 heteroatoms. The van der Waals surface area contributed by atoms with E-state index in [1.54, 1.807) is 11.1 Å². The number of rotatable bonds is 9. The van der Waals surface area contributed by atoms with Crippen molar-refractivity contribution in [1.29, 1.82) is 0 Å². The van der Waals surface area contributed by atoms with E-state index in [1.807, 2.05) is 85.8 Å². The number of nitrogens with zero attached hydrogens (tertiary/aromatic N) is 2. The van der Waals surface area contributed by atoms with E-state index >= 15 is 0 Å². The van der Waals surface area contributed by atoms with Gasteiger partial charge in [0.2, 0.25) is 11.8 Å². The normalized spacial score (nSPS) is 15.5. The van der Waals surface area contributed by atoms with Gasteiger partial charge in [0.05, 0.1) is 18.7 Å². The number of hydrazone groups is 1. The van der Waals surface area contributed by atoms with Crippen LogP contribution in [-0.2, 0) is 16.2 Å². The predicted molar refractivity (Wildman–Crippen MR) is 131 cm³/mol. The zero-order chi connectivity index (χ0) is 23.8. The van der Waals surface area contributed by atoms with E-state index in [0.29, 0.717) is 25.5 Å². The Labute approximate surface area is 199 Å². The maximum Gasteiger partial charge on any atom is 0.245 e. The molecule has 174 valence electrons. The standard InChI is InChI=1S/C27H27N3O4/c1-2-33-24-13-11-23(12-14-24)30-18-22(16-26(30)31)27(32)29-28-17-21-9-6-10-25(15-21)34-19-20-7-4-3-5-8-20/h3-15,17,22H,2,16,18-19H2,1H3,(H,29,32)/b28-17-/t22-/m0/s1. The van der Waals surface area contributed by atoms with Crippen molar-refractivity contribution in [3.63, 3.8) is 0 Å². The van der Waals surface area contributed by atoms with E-state index in [2.05, 4.69) is 10.5 Å². The molecule has 7 nitrogen and oxygen atoms in total. The van der Waals surface area contributed by atoms with E-state index < -0.39 is 5.92 Å². The Hall–Kier alpha value is -4.13. The molecule has 0 aromatic heterocycles. The van der Waals surface area contributed by atoms with Crippen LogP contribution in [0.1, 0.15) is 24.5 Å². The lowest BCUT2D eigenvalue weighted by Crippen LogP contribution is -2.30. The maximum absolute atomic E-state index is 12.6. The first kappa shape index (κ1) is 23.0. The smallest absolute Gasteiger partial charge is 0.245 e. The van der Waals surface area contributed by atoms with E-state index in [1.165, 1.54) is 0 Å². The van der Waals surface area contributed by atoms with Crippen molar-refractivity contribution in [2.24, 2.45) is 11.0 Å². The minimum Gasteiger partial charge on any atom is -0.494 e. The highest BCUT2D eigenvalue weighted by molar-refractivity contribution is 6.00. The molecule has 0 spiro atoms. The fraction of sp³-hybridized carbons (Fsp3) is 0.222. The van der Waals surface area contributed by atoms with Gasteiger partial charge in [-0.15, -0.1) is 0 Å². The van der Waals surface area contributed by atoms with E-state index in [4.69, 9.17) is 9.47 Å². The molecule has 0 radical (unpaired) electrons. The summed E-state index contributed by atoms with van der Waals surface area (Å²) in [5.41, 5.74) is 5.19. The number of amides is 2. The van der Waals surface area contributed by atoms with E-state index in [0.717, 1.165) is 22.6 Å². The van der Waals surface area contributed by atoms with Gasteiger partial charge in [-0.1, -0.05) is 42.5 Å². The lowest BCUT2D eigenvalue weighted by Gasteiger charge is -2.17. The van der Waals surface area contributed by atoms with Crippen LogP contribution < -0.4 is 19.8 Å². The molecule has 4 rings (SSSR count). The van der Waals surface area contributed by atoms with Crippen molar-refractivity contribution in [3.05, 3.63) is 90.0 Å². The summed E-state index contributed by atoms with van der Waals surface area (Å²) in [5, 5.41) is 4.07. The van der Waals surface area contributed by atoms with Gasteiger partial charge in [-0.05, 0) is 54.4 Å². The van der Waals surface area contributed by atoms with Crippen LogP contribution in [0.4, 0.5) is 5.69 Å². The van der Waals surface area contributed by atoms with Gasteiger partial charge in [0.15, 0.2) is 0 Å². The summed E-state index contributed by atoms with van der Waals surface area (Å²) < 4.78 is 11.3. The van der Waals surface area contributed by atoms with Gasteiger partial charge in [0, 0.05) is 18.7 Å². The minimum absolute atomic E-state index is 0.0865. The second kappa shape index (κ2) is 11.1. The Morgan fingerprint density at radius 2 is 1.82 bits per heavy atom. The monoisotopic (exact) mass is 457 g/mol. The first-order chi connectivity index (χ1) is 16.6. The predicted octanol–water partition coefficient (Wildman–Crippen LogP) is 4.17. The third-order valence-corrected chi connectivity index (χ3v) is 5.45. The second-order valence-electron chi connectivity index (χ2n) is 7.91. The number of carbonyl (C=O) groups is 2. The average Bonchev–Trinajstić information content (AvgIpc) is 3.26. The van der Waals surface area contributed by atoms with Gasteiger partial charge in [0.1, 0.15) is 18.1 Å². The number of nitrogens with one attached hydrogen (secondary N) is 1. The van der Waals surface area contributed by atoms with Crippen LogP contribution in [0.25, 0.3) is 0 Å². The van der Waals surface area contributed by atoms with E-state index in [9.17, 15) is 9.59 Å². The van der Waals surface area contributed by atoms with Crippen LogP contribution >= 0.6 is 0 Å². The number of benzene rings is 3. The molecule has 2 amide bonds. The van der Waals surface area contributed by atoms with Gasteiger partial charge in [-0.25, -0.2) is 5.43 Å². The number of carbonyl (C=O) groups excluding carboxylic acids is 2. The first-order valence-corrected chi connectivity index (χ1v) is 11.3. The molecular weight excluding hydrogens is 430 g/mol. The number of anilines is 1. The van der Waals surface area contributed by atoms with Crippen molar-refractivity contribution in [3.8, 4) is 11.5 Å². The van der Waals surface area contributed by atoms with Crippen LogP contribution in [0.5, 0.6) is 11.5 Å². The van der Waals surface area contributed by atoms with Crippen LogP contribution in [0.15, 0.2) is 84.0 Å². The molecular formula is C27H27N3O4. The van der Waals surface area contributed by atoms with Crippen molar-refractivity contribution in [2.75, 3.05) is 18.1 Å². The Balaban J connectivity index is 1.29. The van der Waals surface area contributed by atoms with Crippen molar-refractivity contribution in [1.82, 2.24) is 5.43 Å². The summed E-state index contributed by atoms with van der Waals surface area (Å²) >= 11 is 0. The fourth-order valence-corrected chi connectivity index (χ4v) is 3.71. The highest BCUT2D eigenvalue weighted by Crippen LogP contribution is 2.27. The van der Waals surface area contributed by atoms with Gasteiger partial charge in [-0.3, -0.25) is 9.59 Å². The zero-order valence-corrected chi connectivity index (χ0v) is 19.0. The molecule has 0 saturated carbocycles. The van der Waals surface area contributed by atoms with Crippen LogP contribution in [-0.4, -0.2) is 31.2 Å². The van der Waals surface area contributed by atoms with Gasteiger partial charge in [-0.2, -0.15) is 5.10 Å².